The number of aliphatic hydroxyl groups is 2. The van der Waals surface area contributed by atoms with Crippen LogP contribution in [0.15, 0.2) is 23.1 Å². The quantitative estimate of drug-likeness (QED) is 0.582. The molecule has 19 heavy (non-hydrogen) atoms. The van der Waals surface area contributed by atoms with Crippen LogP contribution in [0.1, 0.15) is 5.56 Å². The van der Waals surface area contributed by atoms with E-state index in [1.807, 2.05) is 6.07 Å². The smallest absolute Gasteiger partial charge is 0.245 e. The number of aliphatic hydroxyl groups excluding tert-OH is 2. The third kappa shape index (κ3) is 3.42. The maximum absolute atomic E-state index is 12.3. The maximum Gasteiger partial charge on any atom is 0.245 e. The largest absolute Gasteiger partial charge is 0.398 e. The number of sulfonamides is 1. The Morgan fingerprint density at radius 1 is 1.26 bits per heavy atom. The summed E-state index contributed by atoms with van der Waals surface area (Å²) in [6.07, 6.45) is 0. The summed E-state index contributed by atoms with van der Waals surface area (Å²) in [4.78, 5) is -0.145. The van der Waals surface area contributed by atoms with Crippen molar-refractivity contribution < 1.29 is 18.6 Å². The predicted molar refractivity (Wildman–Crippen MR) is 68.5 cm³/mol. The van der Waals surface area contributed by atoms with Gasteiger partial charge in [0.2, 0.25) is 10.0 Å². The van der Waals surface area contributed by atoms with Gasteiger partial charge in [-0.05, 0) is 18.2 Å². The first-order valence-corrected chi connectivity index (χ1v) is 6.93. The molecule has 0 aromatic heterocycles. The van der Waals surface area contributed by atoms with E-state index in [9.17, 15) is 8.42 Å². The number of nitrogens with zero attached hydrogens (tertiary/aromatic N) is 2. The predicted octanol–water partition coefficient (Wildman–Crippen LogP) is -0.884. The molecule has 0 fully saturated rings. The zero-order valence-electron chi connectivity index (χ0n) is 10.2. The van der Waals surface area contributed by atoms with Crippen molar-refractivity contribution in [1.82, 2.24) is 4.31 Å². The van der Waals surface area contributed by atoms with Crippen molar-refractivity contribution in [3.05, 3.63) is 23.8 Å². The highest BCUT2D eigenvalue weighted by atomic mass is 32.2. The van der Waals surface area contributed by atoms with E-state index >= 15 is 0 Å². The van der Waals surface area contributed by atoms with Gasteiger partial charge in [0.15, 0.2) is 0 Å². The van der Waals surface area contributed by atoms with Gasteiger partial charge in [-0.25, -0.2) is 8.42 Å². The van der Waals surface area contributed by atoms with Crippen LogP contribution in [0.2, 0.25) is 0 Å². The minimum absolute atomic E-state index is 0.0417. The summed E-state index contributed by atoms with van der Waals surface area (Å²) in [5.41, 5.74) is 5.85. The van der Waals surface area contributed by atoms with E-state index in [-0.39, 0.29) is 42.4 Å². The van der Waals surface area contributed by atoms with Crippen molar-refractivity contribution in [1.29, 1.82) is 5.26 Å². The number of benzene rings is 1. The van der Waals surface area contributed by atoms with Crippen LogP contribution < -0.4 is 5.73 Å². The van der Waals surface area contributed by atoms with Crippen molar-refractivity contribution in [2.24, 2.45) is 0 Å². The Kier molecular flexibility index (Phi) is 5.26. The average Bonchev–Trinajstić information content (AvgIpc) is 2.38. The van der Waals surface area contributed by atoms with Gasteiger partial charge in [-0.2, -0.15) is 9.57 Å². The van der Waals surface area contributed by atoms with Gasteiger partial charge in [0.05, 0.1) is 30.5 Å². The lowest BCUT2D eigenvalue weighted by molar-refractivity contribution is 0.217. The lowest BCUT2D eigenvalue weighted by Crippen LogP contribution is -2.36. The molecule has 0 aliphatic carbocycles. The van der Waals surface area contributed by atoms with E-state index in [1.54, 1.807) is 0 Å². The molecule has 104 valence electrons. The van der Waals surface area contributed by atoms with Gasteiger partial charge < -0.3 is 15.9 Å². The normalized spacial score (nSPS) is 11.5. The minimum Gasteiger partial charge on any atom is -0.398 e. The SMILES string of the molecule is N#Cc1ccc(S(=O)(=O)N(CCO)CCO)c(N)c1. The first kappa shape index (κ1) is 15.4. The Morgan fingerprint density at radius 3 is 2.26 bits per heavy atom. The third-order valence-corrected chi connectivity index (χ3v) is 4.43. The number of hydrogen-bond donors (Lipinski definition) is 3. The lowest BCUT2D eigenvalue weighted by atomic mass is 10.2. The van der Waals surface area contributed by atoms with Gasteiger partial charge in [0.25, 0.3) is 0 Å². The van der Waals surface area contributed by atoms with Gasteiger partial charge in [-0.3, -0.25) is 0 Å². The van der Waals surface area contributed by atoms with E-state index < -0.39 is 10.0 Å². The van der Waals surface area contributed by atoms with Crippen molar-refractivity contribution in [2.45, 2.75) is 4.90 Å². The van der Waals surface area contributed by atoms with Crippen molar-refractivity contribution >= 4 is 15.7 Å². The zero-order valence-corrected chi connectivity index (χ0v) is 11.0. The second-order valence-electron chi connectivity index (χ2n) is 3.72. The summed E-state index contributed by atoms with van der Waals surface area (Å²) in [5.74, 6) is 0. The number of hydrogen-bond acceptors (Lipinski definition) is 6. The van der Waals surface area contributed by atoms with Gasteiger partial charge in [-0.1, -0.05) is 0 Å². The topological polar surface area (TPSA) is 128 Å². The Bertz CT molecular complexity index is 574. The van der Waals surface area contributed by atoms with E-state index in [4.69, 9.17) is 21.2 Å². The molecule has 0 aliphatic heterocycles. The molecule has 0 aliphatic rings. The average molecular weight is 285 g/mol. The summed E-state index contributed by atoms with van der Waals surface area (Å²) in [6, 6.07) is 5.71. The molecule has 0 atom stereocenters. The highest BCUT2D eigenvalue weighted by Gasteiger charge is 2.25. The molecule has 0 saturated heterocycles. The first-order valence-electron chi connectivity index (χ1n) is 5.49. The molecule has 0 bridgehead atoms. The fraction of sp³-hybridized carbons (Fsp3) is 0.364. The standard InChI is InChI=1S/C11H15N3O4S/c12-8-9-1-2-11(10(13)7-9)19(17,18)14(3-5-15)4-6-16/h1-2,7,15-16H,3-6,13H2. The lowest BCUT2D eigenvalue weighted by Gasteiger charge is -2.21. The second kappa shape index (κ2) is 6.49. The second-order valence-corrected chi connectivity index (χ2v) is 5.62. The molecule has 7 nitrogen and oxygen atoms in total. The van der Waals surface area contributed by atoms with Gasteiger partial charge in [-0.15, -0.1) is 0 Å². The van der Waals surface area contributed by atoms with Gasteiger partial charge >= 0.3 is 0 Å². The zero-order chi connectivity index (χ0) is 14.5. The summed E-state index contributed by atoms with van der Waals surface area (Å²) in [6.45, 7) is -1.00. The van der Waals surface area contributed by atoms with Crippen LogP contribution in [0.3, 0.4) is 0 Å². The minimum atomic E-state index is -3.90. The molecular weight excluding hydrogens is 270 g/mol. The summed E-state index contributed by atoms with van der Waals surface area (Å²) in [5, 5.41) is 26.4. The molecule has 0 heterocycles. The molecule has 8 heteroatoms. The van der Waals surface area contributed by atoms with Crippen LogP contribution in [0.5, 0.6) is 0 Å². The molecule has 1 rings (SSSR count). The highest BCUT2D eigenvalue weighted by molar-refractivity contribution is 7.89. The number of nitrogen functional groups attached to an aromatic ring is 1. The number of nitriles is 1. The molecule has 0 unspecified atom stereocenters. The first-order chi connectivity index (χ1) is 8.97. The van der Waals surface area contributed by atoms with Crippen LogP contribution in [0.4, 0.5) is 5.69 Å². The molecule has 0 radical (unpaired) electrons. The summed E-state index contributed by atoms with van der Waals surface area (Å²) in [7, 11) is -3.90. The third-order valence-electron chi connectivity index (χ3n) is 2.46. The van der Waals surface area contributed by atoms with Crippen molar-refractivity contribution in [3.8, 4) is 6.07 Å². The van der Waals surface area contributed by atoms with Gasteiger partial charge in [0, 0.05) is 13.1 Å². The van der Waals surface area contributed by atoms with Crippen LogP contribution in [0.25, 0.3) is 0 Å². The van der Waals surface area contributed by atoms with E-state index in [0.29, 0.717) is 0 Å². The molecule has 1 aromatic rings. The monoisotopic (exact) mass is 285 g/mol. The Hall–Kier alpha value is -1.66. The van der Waals surface area contributed by atoms with Crippen LogP contribution in [-0.4, -0.2) is 49.2 Å². The number of anilines is 1. The Balaban J connectivity index is 3.22. The highest BCUT2D eigenvalue weighted by Crippen LogP contribution is 2.23. The molecular formula is C11H15N3O4S. The number of rotatable bonds is 6. The fourth-order valence-electron chi connectivity index (χ4n) is 1.57. The van der Waals surface area contributed by atoms with Gasteiger partial charge in [0.1, 0.15) is 4.90 Å². The summed E-state index contributed by atoms with van der Waals surface area (Å²) >= 11 is 0. The van der Waals surface area contributed by atoms with Crippen molar-refractivity contribution in [2.75, 3.05) is 32.0 Å². The Morgan fingerprint density at radius 2 is 1.84 bits per heavy atom. The van der Waals surface area contributed by atoms with Crippen LogP contribution in [0, 0.1) is 11.3 Å². The molecule has 0 amide bonds. The van der Waals surface area contributed by atoms with Crippen LogP contribution >= 0.6 is 0 Å². The Labute approximate surface area is 111 Å². The number of nitrogens with two attached hydrogens (primary N) is 1. The van der Waals surface area contributed by atoms with E-state index in [2.05, 4.69) is 0 Å². The molecule has 4 N–H and O–H groups in total. The van der Waals surface area contributed by atoms with E-state index in [0.717, 1.165) is 4.31 Å². The molecule has 0 spiro atoms. The van der Waals surface area contributed by atoms with E-state index in [1.165, 1.54) is 18.2 Å². The maximum atomic E-state index is 12.3. The fourth-order valence-corrected chi connectivity index (χ4v) is 3.09. The molecule has 1 aromatic carbocycles. The van der Waals surface area contributed by atoms with Crippen LogP contribution in [-0.2, 0) is 10.0 Å². The summed E-state index contributed by atoms with van der Waals surface area (Å²) < 4.78 is 25.5. The molecule has 0 saturated carbocycles. The van der Waals surface area contributed by atoms with Crippen molar-refractivity contribution in [3.63, 3.8) is 0 Å².